The number of halogens is 2. The minimum atomic E-state index is -3.74. The van der Waals surface area contributed by atoms with Crippen LogP contribution in [0.4, 0.5) is 4.39 Å². The van der Waals surface area contributed by atoms with E-state index in [1.165, 1.54) is 23.0 Å². The Morgan fingerprint density at radius 3 is 2.55 bits per heavy atom. The smallest absolute Gasteiger partial charge is 0.261 e. The fraction of sp³-hybridized carbons (Fsp3) is 0.250. The van der Waals surface area contributed by atoms with Crippen molar-refractivity contribution in [1.82, 2.24) is 14.3 Å². The first-order chi connectivity index (χ1) is 9.40. The van der Waals surface area contributed by atoms with Gasteiger partial charge in [-0.05, 0) is 24.1 Å². The van der Waals surface area contributed by atoms with Crippen molar-refractivity contribution in [2.75, 3.05) is 6.54 Å². The minimum absolute atomic E-state index is 0.0549. The molecule has 5 nitrogen and oxygen atoms in total. The monoisotopic (exact) mass is 317 g/mol. The molecule has 20 heavy (non-hydrogen) atoms. The summed E-state index contributed by atoms with van der Waals surface area (Å²) in [6.45, 7) is 0.181. The Bertz CT molecular complexity index is 698. The van der Waals surface area contributed by atoms with Crippen LogP contribution in [0.25, 0.3) is 0 Å². The molecule has 0 aliphatic rings. The maximum Gasteiger partial charge on any atom is 0.261 e. The zero-order valence-corrected chi connectivity index (χ0v) is 12.2. The summed E-state index contributed by atoms with van der Waals surface area (Å²) in [6, 6.07) is 5.88. The van der Waals surface area contributed by atoms with Gasteiger partial charge in [-0.3, -0.25) is 0 Å². The molecule has 0 unspecified atom stereocenters. The van der Waals surface area contributed by atoms with Gasteiger partial charge in [-0.1, -0.05) is 23.7 Å². The van der Waals surface area contributed by atoms with Crippen molar-refractivity contribution in [3.05, 3.63) is 47.1 Å². The number of imidazole rings is 1. The van der Waals surface area contributed by atoms with Gasteiger partial charge in [-0.25, -0.2) is 22.5 Å². The first kappa shape index (κ1) is 15.0. The van der Waals surface area contributed by atoms with E-state index >= 15 is 0 Å². The molecule has 0 saturated heterocycles. The second-order valence-corrected chi connectivity index (χ2v) is 6.27. The summed E-state index contributed by atoms with van der Waals surface area (Å²) in [7, 11) is -2.13. The summed E-state index contributed by atoms with van der Waals surface area (Å²) in [5, 5.41) is -0.139. The van der Waals surface area contributed by atoms with Gasteiger partial charge >= 0.3 is 0 Å². The summed E-state index contributed by atoms with van der Waals surface area (Å²) in [6.07, 6.45) is 1.78. The molecule has 2 aromatic rings. The number of hydrogen-bond donors (Lipinski definition) is 1. The van der Waals surface area contributed by atoms with E-state index in [1.54, 1.807) is 19.2 Å². The molecule has 1 aromatic heterocycles. The largest absolute Gasteiger partial charge is 0.324 e. The third kappa shape index (κ3) is 3.36. The fourth-order valence-corrected chi connectivity index (χ4v) is 3.08. The molecule has 0 saturated carbocycles. The zero-order valence-electron chi connectivity index (χ0n) is 10.7. The van der Waals surface area contributed by atoms with Gasteiger partial charge in [0.1, 0.15) is 11.0 Å². The van der Waals surface area contributed by atoms with Gasteiger partial charge in [0.2, 0.25) is 5.03 Å². The van der Waals surface area contributed by atoms with Gasteiger partial charge in [-0.15, -0.1) is 0 Å². The van der Waals surface area contributed by atoms with Crippen molar-refractivity contribution < 1.29 is 12.8 Å². The van der Waals surface area contributed by atoms with Crippen LogP contribution in [-0.4, -0.2) is 24.5 Å². The lowest BCUT2D eigenvalue weighted by Crippen LogP contribution is -2.26. The Balaban J connectivity index is 2.00. The SMILES string of the molecule is Cn1cnc(S(=O)(=O)NCCc2ccc(F)cc2)c1Cl. The molecule has 0 fully saturated rings. The maximum absolute atomic E-state index is 12.7. The lowest BCUT2D eigenvalue weighted by molar-refractivity contribution is 0.578. The van der Waals surface area contributed by atoms with E-state index in [0.29, 0.717) is 6.42 Å². The molecule has 0 amide bonds. The van der Waals surface area contributed by atoms with Crippen LogP contribution < -0.4 is 4.72 Å². The predicted molar refractivity (Wildman–Crippen MR) is 73.5 cm³/mol. The highest BCUT2D eigenvalue weighted by Crippen LogP contribution is 2.18. The zero-order chi connectivity index (χ0) is 14.8. The van der Waals surface area contributed by atoms with E-state index in [-0.39, 0.29) is 22.5 Å². The quantitative estimate of drug-likeness (QED) is 0.913. The number of aromatic nitrogens is 2. The molecule has 1 N–H and O–H groups in total. The Morgan fingerprint density at radius 1 is 1.35 bits per heavy atom. The molecule has 108 valence electrons. The number of rotatable bonds is 5. The van der Waals surface area contributed by atoms with E-state index in [1.807, 2.05) is 0 Å². The molecule has 0 aliphatic heterocycles. The summed E-state index contributed by atoms with van der Waals surface area (Å²) in [4.78, 5) is 3.76. The maximum atomic E-state index is 12.7. The molecular weight excluding hydrogens is 305 g/mol. The number of nitrogens with one attached hydrogen (secondary N) is 1. The van der Waals surface area contributed by atoms with E-state index in [2.05, 4.69) is 9.71 Å². The highest BCUT2D eigenvalue weighted by atomic mass is 35.5. The van der Waals surface area contributed by atoms with Crippen LogP contribution in [0.1, 0.15) is 5.56 Å². The third-order valence-electron chi connectivity index (χ3n) is 2.71. The van der Waals surface area contributed by atoms with Crippen LogP contribution in [0.2, 0.25) is 5.15 Å². The third-order valence-corrected chi connectivity index (χ3v) is 4.66. The molecule has 1 heterocycles. The standard InChI is InChI=1S/C12H13ClFN3O2S/c1-17-8-15-12(11(17)13)20(18,19)16-7-6-9-2-4-10(14)5-3-9/h2-5,8,16H,6-7H2,1H3. The van der Waals surface area contributed by atoms with Gasteiger partial charge in [0, 0.05) is 13.6 Å². The summed E-state index contributed by atoms with van der Waals surface area (Å²) in [5.74, 6) is -0.324. The average molecular weight is 318 g/mol. The highest BCUT2D eigenvalue weighted by molar-refractivity contribution is 7.89. The van der Waals surface area contributed by atoms with Crippen molar-refractivity contribution in [2.45, 2.75) is 11.4 Å². The minimum Gasteiger partial charge on any atom is -0.324 e. The highest BCUT2D eigenvalue weighted by Gasteiger charge is 2.21. The second kappa shape index (κ2) is 5.90. The number of nitrogens with zero attached hydrogens (tertiary/aromatic N) is 2. The molecule has 0 radical (unpaired) electrons. The second-order valence-electron chi connectivity index (χ2n) is 4.23. The fourth-order valence-electron chi connectivity index (χ4n) is 1.62. The molecule has 8 heteroatoms. The van der Waals surface area contributed by atoms with Crippen LogP contribution >= 0.6 is 11.6 Å². The number of benzene rings is 1. The number of sulfonamides is 1. The van der Waals surface area contributed by atoms with Crippen LogP contribution in [0.5, 0.6) is 0 Å². The summed E-state index contributed by atoms with van der Waals surface area (Å²) < 4.78 is 40.5. The Hall–Kier alpha value is -1.44. The first-order valence-electron chi connectivity index (χ1n) is 5.81. The average Bonchev–Trinajstić information content (AvgIpc) is 2.73. The van der Waals surface area contributed by atoms with E-state index < -0.39 is 10.0 Å². The van der Waals surface area contributed by atoms with Crippen molar-refractivity contribution >= 4 is 21.6 Å². The van der Waals surface area contributed by atoms with Gasteiger partial charge in [0.15, 0.2) is 0 Å². The number of hydrogen-bond acceptors (Lipinski definition) is 3. The lowest BCUT2D eigenvalue weighted by atomic mass is 10.1. The van der Waals surface area contributed by atoms with Crippen LogP contribution in [0.15, 0.2) is 35.6 Å². The van der Waals surface area contributed by atoms with Crippen molar-refractivity contribution in [3.8, 4) is 0 Å². The van der Waals surface area contributed by atoms with Crippen molar-refractivity contribution in [2.24, 2.45) is 7.05 Å². The van der Waals surface area contributed by atoms with E-state index in [4.69, 9.17) is 11.6 Å². The van der Waals surface area contributed by atoms with Gasteiger partial charge in [0.05, 0.1) is 6.33 Å². The first-order valence-corrected chi connectivity index (χ1v) is 7.67. The molecule has 2 rings (SSSR count). The Morgan fingerprint density at radius 2 is 2.00 bits per heavy atom. The summed E-state index contributed by atoms with van der Waals surface area (Å²) in [5.41, 5.74) is 0.834. The van der Waals surface area contributed by atoms with Crippen LogP contribution in [-0.2, 0) is 23.5 Å². The molecular formula is C12H13ClFN3O2S. The molecule has 1 aromatic carbocycles. The van der Waals surface area contributed by atoms with Crippen molar-refractivity contribution in [3.63, 3.8) is 0 Å². The van der Waals surface area contributed by atoms with Crippen LogP contribution in [0, 0.1) is 5.82 Å². The normalized spacial score (nSPS) is 11.8. The van der Waals surface area contributed by atoms with Gasteiger partial charge < -0.3 is 4.57 Å². The van der Waals surface area contributed by atoms with E-state index in [9.17, 15) is 12.8 Å². The van der Waals surface area contributed by atoms with Crippen LogP contribution in [0.3, 0.4) is 0 Å². The predicted octanol–water partition coefficient (Wildman–Crippen LogP) is 1.73. The molecule has 0 atom stereocenters. The Labute approximate surface area is 121 Å². The molecule has 0 bridgehead atoms. The molecule has 0 spiro atoms. The summed E-state index contributed by atoms with van der Waals surface area (Å²) >= 11 is 5.85. The molecule has 0 aliphatic carbocycles. The number of aryl methyl sites for hydroxylation is 1. The van der Waals surface area contributed by atoms with Gasteiger partial charge in [-0.2, -0.15) is 0 Å². The van der Waals surface area contributed by atoms with Crippen molar-refractivity contribution in [1.29, 1.82) is 0 Å². The lowest BCUT2D eigenvalue weighted by Gasteiger charge is -2.05. The van der Waals surface area contributed by atoms with E-state index in [0.717, 1.165) is 5.56 Å². The topological polar surface area (TPSA) is 64.0 Å². The Kier molecular flexibility index (Phi) is 4.42. The van der Waals surface area contributed by atoms with Gasteiger partial charge in [0.25, 0.3) is 10.0 Å².